The lowest BCUT2D eigenvalue weighted by Crippen LogP contribution is -2.54. The standard InChI is InChI=1S/C40H37FN10O5.C25H26FN7.C16H13ClN2O5.C13H11N3O4.C2H2Cl2O.CH4.ClH/c41-25-5-1-4-24(20-25)30-7-3-15-49(30)35-13-12-33-42-22-32(51(33)46-35)29-6-2-8-34(44-29)48-18-16-47(17-19-48)23-37(53)43-26-9-10-27-28(21-26)40(56)50(39(27)55)31-11-14-36(52)45-38(31)54;26-19-5-1-4-18(16-19)21-7-3-13-32(21)25-10-9-23-28-17-22(33(23)30-25)20-6-2-8-24(29-20)31-14-11-27-12-15-31;17-7-9(20)5-8-1-2-10-11(6-8)16(24)19(15(10)23)12-3-4-13(21)18-14(12)22;14-6-1-2-7-8(5-6)13(20)16(12(7)19)9-3-4-10(17)15-11(9)18;3-1-2(4)5;;/h1-2,4-6,8-10,12-13,20-22,30-31H,3,7,11,14-19,23H2,(H,43,53)(H,45,52,54);1-2,4-6,8-10,16-17,21,27H,3,7,11-15H2;1-2,6,12H,3-5,7H2,(H,18,21,22);1-2,5,9H,3-4,14H2,(H,15,17,18);1H2;1H4;1H/t30-,31?;21-;;;;;/m11...../s1. The van der Waals surface area contributed by atoms with Gasteiger partial charge in [0, 0.05) is 103 Å². The Bertz CT molecular complexity index is 6790. The maximum absolute atomic E-state index is 14.1. The molecule has 0 bridgehead atoms. The minimum absolute atomic E-state index is 0. The van der Waals surface area contributed by atoms with E-state index in [9.17, 15) is 80.7 Å². The Morgan fingerprint density at radius 3 is 1.31 bits per heavy atom. The normalized spacial score (nSPS) is 19.4. The monoisotopic (exact) mass is 1980 g/mol. The molecule has 140 heavy (non-hydrogen) atoms. The molecule has 7 fully saturated rings. The number of piperidine rings is 3. The van der Waals surface area contributed by atoms with E-state index in [4.69, 9.17) is 60.7 Å². The fourth-order valence-electron chi connectivity index (χ4n) is 18.4. The number of fused-ring (bicyclic) bond motifs is 5. The molecule has 37 nitrogen and oxygen atoms in total. The van der Waals surface area contributed by atoms with Crippen molar-refractivity contribution in [2.24, 2.45) is 0 Å². The SMILES string of the molecule is C.Cl.Fc1cccc([C@H]2CCCN2c2ccc3ncc(-c4cccc(N5CCNCC5)n4)n3n2)c1.Nc1ccc2c(c1)C(=O)N(C1CCC(=O)NC1=O)C2=O.O=C(CCl)Cc1ccc2c(c1)C(=O)N(C1CCC(=O)NC1=O)C2=O.O=C(Cl)CCl.O=C1CCC(N2C(=O)c3ccc(NC(=O)CN4CCN(c5cccc(-c6cnc7ccc(N8CCC[C@@H]8c8cccc(F)c8)nn67)n5)CC4)cc3C2=O)C(=O)N1. The number of carbonyl (C=O) groups excluding carboxylic acids is 15. The third kappa shape index (κ3) is 21.4. The Morgan fingerprint density at radius 2 is 0.864 bits per heavy atom. The highest BCUT2D eigenvalue weighted by molar-refractivity contribution is 6.67. The molecule has 5 atom stereocenters. The van der Waals surface area contributed by atoms with E-state index in [1.165, 1.54) is 54.6 Å². The van der Waals surface area contributed by atoms with Gasteiger partial charge in [0.2, 0.25) is 46.6 Å². The number of anilines is 6. The summed E-state index contributed by atoms with van der Waals surface area (Å²) >= 11 is 15.0. The fraction of sp³-hybridized carbons (Fsp3) is 0.309. The van der Waals surface area contributed by atoms with Gasteiger partial charge in [-0.05, 0) is 195 Å². The van der Waals surface area contributed by atoms with E-state index >= 15 is 0 Å². The van der Waals surface area contributed by atoms with Gasteiger partial charge in [-0.1, -0.05) is 49.9 Å². The molecule has 0 saturated carbocycles. The van der Waals surface area contributed by atoms with Crippen LogP contribution >= 0.6 is 47.2 Å². The van der Waals surface area contributed by atoms with E-state index in [0.717, 1.165) is 142 Å². The molecule has 0 spiro atoms. The third-order valence-electron chi connectivity index (χ3n) is 25.1. The first-order valence-corrected chi connectivity index (χ1v) is 46.1. The summed E-state index contributed by atoms with van der Waals surface area (Å²) in [7, 11) is 0. The van der Waals surface area contributed by atoms with E-state index in [1.807, 2.05) is 86.9 Å². The number of hydrogen-bond donors (Lipinski definition) is 6. The number of halogens is 6. The summed E-state index contributed by atoms with van der Waals surface area (Å²) in [5, 5.41) is 22.1. The topological polar surface area (TPSA) is 454 Å². The average molecular weight is 1990 g/mol. The summed E-state index contributed by atoms with van der Waals surface area (Å²) in [6, 6.07) is 44.1. The summed E-state index contributed by atoms with van der Waals surface area (Å²) < 4.78 is 31.6. The molecule has 3 unspecified atom stereocenters. The number of benzene rings is 5. The lowest BCUT2D eigenvalue weighted by Gasteiger charge is -2.35. The van der Waals surface area contributed by atoms with Gasteiger partial charge in [-0.25, -0.2) is 37.7 Å². The molecule has 724 valence electrons. The van der Waals surface area contributed by atoms with Crippen LogP contribution in [0, 0.1) is 11.6 Å². The third-order valence-corrected chi connectivity index (χ3v) is 25.9. The number of Topliss-reactive ketones (excluding diaryl/α,β-unsaturated/α-hetero) is 1. The maximum atomic E-state index is 14.1. The molecule has 7 N–H and O–H groups in total. The number of nitrogens with two attached hydrogens (primary N) is 1. The predicted octanol–water partition coefficient (Wildman–Crippen LogP) is 9.27. The van der Waals surface area contributed by atoms with Gasteiger partial charge in [-0.2, -0.15) is 0 Å². The van der Waals surface area contributed by atoms with Crippen LogP contribution in [0.1, 0.15) is 163 Å². The first kappa shape index (κ1) is 99.7. The molecule has 0 aliphatic carbocycles. The molecule has 21 rings (SSSR count). The van der Waals surface area contributed by atoms with Crippen molar-refractivity contribution in [2.45, 2.75) is 108 Å². The number of ketones is 1. The van der Waals surface area contributed by atoms with E-state index in [0.29, 0.717) is 48.8 Å². The number of hydrogen-bond acceptors (Lipinski definition) is 28. The first-order chi connectivity index (χ1) is 66.6. The van der Waals surface area contributed by atoms with Gasteiger partial charge >= 0.3 is 0 Å². The highest BCUT2D eigenvalue weighted by atomic mass is 35.5. The van der Waals surface area contributed by atoms with Crippen molar-refractivity contribution in [2.75, 3.05) is 114 Å². The minimum Gasteiger partial charge on any atom is -0.399 e. The number of nitrogens with zero attached hydrogens (tertiary/aromatic N) is 16. The van der Waals surface area contributed by atoms with Gasteiger partial charge in [-0.3, -0.25) is 107 Å². The molecule has 11 aromatic rings. The van der Waals surface area contributed by atoms with Gasteiger partial charge in [0.1, 0.15) is 64.4 Å². The molecule has 10 aliphatic heterocycles. The lowest BCUT2D eigenvalue weighted by molar-refractivity contribution is -0.137. The number of pyridine rings is 2. The van der Waals surface area contributed by atoms with E-state index in [-0.39, 0.29) is 152 Å². The van der Waals surface area contributed by atoms with Crippen molar-refractivity contribution in [1.29, 1.82) is 0 Å². The molecule has 13 amide bonds. The highest BCUT2D eigenvalue weighted by Crippen LogP contribution is 2.40. The predicted molar refractivity (Wildman–Crippen MR) is 515 cm³/mol. The van der Waals surface area contributed by atoms with Crippen LogP contribution in [0.25, 0.3) is 34.1 Å². The second-order valence-electron chi connectivity index (χ2n) is 34.0. The molecule has 43 heteroatoms. The van der Waals surface area contributed by atoms with Crippen LogP contribution in [0.5, 0.6) is 0 Å². The van der Waals surface area contributed by atoms with E-state index in [2.05, 4.69) is 62.2 Å². The number of rotatable bonds is 18. The van der Waals surface area contributed by atoms with Gasteiger partial charge in [0.05, 0.1) is 87.6 Å². The number of nitrogen functional groups attached to an aromatic ring is 1. The Labute approximate surface area is 820 Å². The number of imidazole rings is 2. The summed E-state index contributed by atoms with van der Waals surface area (Å²) in [5.41, 5.74) is 14.5. The van der Waals surface area contributed by atoms with Crippen LogP contribution in [0.2, 0.25) is 0 Å². The van der Waals surface area contributed by atoms with Crippen molar-refractivity contribution in [3.8, 4) is 22.8 Å². The molecule has 6 aromatic heterocycles. The van der Waals surface area contributed by atoms with E-state index in [1.54, 1.807) is 42.6 Å². The number of aromatic nitrogens is 8. The van der Waals surface area contributed by atoms with Gasteiger partial charge < -0.3 is 36.0 Å². The van der Waals surface area contributed by atoms with Crippen molar-refractivity contribution in [3.05, 3.63) is 238 Å². The van der Waals surface area contributed by atoms with Crippen molar-refractivity contribution in [3.63, 3.8) is 0 Å². The number of piperazine rings is 2. The summed E-state index contributed by atoms with van der Waals surface area (Å²) in [6.07, 6.45) is 8.11. The van der Waals surface area contributed by atoms with Crippen LogP contribution in [0.4, 0.5) is 43.4 Å². The lowest BCUT2D eigenvalue weighted by atomic mass is 10.0. The Kier molecular flexibility index (Phi) is 31.0. The van der Waals surface area contributed by atoms with Crippen LogP contribution in [0.3, 0.4) is 0 Å². The molecular formula is C97H94Cl4F2N22O15. The molecule has 10 aliphatic rings. The van der Waals surface area contributed by atoms with Gasteiger partial charge in [0.15, 0.2) is 17.1 Å². The van der Waals surface area contributed by atoms with E-state index < -0.39 is 94.3 Å². The zero-order valence-corrected chi connectivity index (χ0v) is 77.3. The molecular weight excluding hydrogens is 1890 g/mol. The van der Waals surface area contributed by atoms with Crippen molar-refractivity contribution < 1.29 is 80.7 Å². The quantitative estimate of drug-likeness (QED) is 0.0201. The molecule has 0 radical (unpaired) electrons. The molecule has 5 aromatic carbocycles. The second-order valence-corrected chi connectivity index (χ2v) is 34.9. The number of alkyl halides is 2. The number of imide groups is 6. The number of nitrogens with one attached hydrogen (secondary N) is 5. The first-order valence-electron chi connectivity index (χ1n) is 44.7. The summed E-state index contributed by atoms with van der Waals surface area (Å²) in [6.45, 7) is 8.16. The van der Waals surface area contributed by atoms with Crippen molar-refractivity contribution >= 4 is 181 Å². The largest absolute Gasteiger partial charge is 0.399 e. The molecule has 7 saturated heterocycles. The van der Waals surface area contributed by atoms with Crippen molar-refractivity contribution in [1.82, 2.24) is 80.0 Å². The van der Waals surface area contributed by atoms with Crippen LogP contribution in [-0.2, 0) is 49.6 Å². The van der Waals surface area contributed by atoms with Crippen LogP contribution in [-0.4, -0.2) is 248 Å². The van der Waals surface area contributed by atoms with Crippen LogP contribution < -0.4 is 51.9 Å². The van der Waals surface area contributed by atoms with Gasteiger partial charge in [0.25, 0.3) is 35.4 Å². The number of amides is 13. The summed E-state index contributed by atoms with van der Waals surface area (Å²) in [5.74, 6) is -4.40. The molecule has 16 heterocycles. The zero-order chi connectivity index (χ0) is 96.9. The van der Waals surface area contributed by atoms with Gasteiger partial charge in [-0.15, -0.1) is 45.8 Å². The Balaban J connectivity index is 0.000000150. The maximum Gasteiger partial charge on any atom is 0.262 e. The smallest absolute Gasteiger partial charge is 0.262 e. The average Bonchev–Trinajstić information content (AvgIpc) is 1.62. The summed E-state index contributed by atoms with van der Waals surface area (Å²) in [4.78, 5) is 213. The second kappa shape index (κ2) is 43.5. The Hall–Kier alpha value is -14.8. The minimum atomic E-state index is -1.06. The zero-order valence-electron chi connectivity index (χ0n) is 74.3. The fourth-order valence-corrected chi connectivity index (χ4v) is 18.5. The Morgan fingerprint density at radius 1 is 0.443 bits per heavy atom. The highest BCUT2D eigenvalue weighted by Gasteiger charge is 2.48. The van der Waals surface area contributed by atoms with Crippen LogP contribution in [0.15, 0.2) is 176 Å². The number of carbonyl (C=O) groups is 15.